The fourth-order valence-electron chi connectivity index (χ4n) is 1.72. The number of nitrogens with two attached hydrogens (primary N) is 1. The zero-order valence-corrected chi connectivity index (χ0v) is 10.5. The summed E-state index contributed by atoms with van der Waals surface area (Å²) in [5.41, 5.74) is 7.04. The molecular formula is C13H17NOS. The number of hydrogen-bond acceptors (Lipinski definition) is 3. The van der Waals surface area contributed by atoms with E-state index in [-0.39, 0.29) is 6.10 Å². The highest BCUT2D eigenvalue weighted by Crippen LogP contribution is 2.31. The molecule has 1 aromatic heterocycles. The quantitative estimate of drug-likeness (QED) is 0.882. The van der Waals surface area contributed by atoms with Gasteiger partial charge in [-0.05, 0) is 25.3 Å². The average Bonchev–Trinajstić information content (AvgIpc) is 2.64. The number of hydrogen-bond donors (Lipinski definition) is 1. The number of ether oxygens (including phenoxy) is 1. The lowest BCUT2D eigenvalue weighted by molar-refractivity contribution is 0.0662. The second-order valence-corrected chi connectivity index (χ2v) is 5.20. The molecule has 0 saturated heterocycles. The summed E-state index contributed by atoms with van der Waals surface area (Å²) in [6.45, 7) is 5.36. The van der Waals surface area contributed by atoms with Crippen LogP contribution in [0.3, 0.4) is 0 Å². The van der Waals surface area contributed by atoms with Gasteiger partial charge in [0.05, 0.1) is 12.7 Å². The van der Waals surface area contributed by atoms with Crippen molar-refractivity contribution >= 4 is 21.4 Å². The van der Waals surface area contributed by atoms with Crippen LogP contribution < -0.4 is 5.73 Å². The minimum Gasteiger partial charge on any atom is -0.374 e. The smallest absolute Gasteiger partial charge is 0.0737 e. The van der Waals surface area contributed by atoms with Gasteiger partial charge in [0.1, 0.15) is 0 Å². The lowest BCUT2D eigenvalue weighted by Crippen LogP contribution is -2.05. The molecule has 1 aromatic carbocycles. The average molecular weight is 235 g/mol. The Morgan fingerprint density at radius 3 is 2.75 bits per heavy atom. The largest absolute Gasteiger partial charge is 0.374 e. The minimum absolute atomic E-state index is 0.254. The van der Waals surface area contributed by atoms with Crippen LogP contribution in [0.1, 0.15) is 24.3 Å². The van der Waals surface area contributed by atoms with Gasteiger partial charge in [0.2, 0.25) is 0 Å². The Hall–Kier alpha value is -0.900. The Balaban J connectivity index is 2.39. The van der Waals surface area contributed by atoms with Gasteiger partial charge in [-0.25, -0.2) is 0 Å². The summed E-state index contributed by atoms with van der Waals surface area (Å²) in [5, 5.41) is 1.29. The van der Waals surface area contributed by atoms with Gasteiger partial charge >= 0.3 is 0 Å². The first-order chi connectivity index (χ1) is 7.72. The van der Waals surface area contributed by atoms with E-state index in [0.29, 0.717) is 13.2 Å². The maximum atomic E-state index is 5.78. The predicted octanol–water partition coefficient (Wildman–Crippen LogP) is 3.29. The van der Waals surface area contributed by atoms with Gasteiger partial charge in [-0.2, -0.15) is 0 Å². The zero-order chi connectivity index (χ0) is 11.5. The first kappa shape index (κ1) is 11.6. The van der Waals surface area contributed by atoms with Crippen LogP contribution in [-0.2, 0) is 17.9 Å². The van der Waals surface area contributed by atoms with E-state index in [1.807, 2.05) is 0 Å². The molecule has 0 aliphatic carbocycles. The highest BCUT2D eigenvalue weighted by molar-refractivity contribution is 7.19. The summed E-state index contributed by atoms with van der Waals surface area (Å²) in [5.74, 6) is 0. The molecule has 2 nitrogen and oxygen atoms in total. The Bertz CT molecular complexity index is 476. The van der Waals surface area contributed by atoms with Gasteiger partial charge in [-0.1, -0.05) is 18.2 Å². The lowest BCUT2D eigenvalue weighted by atomic mass is 10.1. The molecule has 1 heterocycles. The van der Waals surface area contributed by atoms with Gasteiger partial charge in [-0.15, -0.1) is 11.3 Å². The van der Waals surface area contributed by atoms with Crippen LogP contribution in [0, 0.1) is 0 Å². The van der Waals surface area contributed by atoms with Crippen LogP contribution in [0.5, 0.6) is 0 Å². The summed E-state index contributed by atoms with van der Waals surface area (Å²) in [4.78, 5) is 1.24. The van der Waals surface area contributed by atoms with Crippen molar-refractivity contribution < 1.29 is 4.74 Å². The van der Waals surface area contributed by atoms with Crippen LogP contribution in [0.15, 0.2) is 24.3 Å². The number of benzene rings is 1. The van der Waals surface area contributed by atoms with Gasteiger partial charge in [-0.3, -0.25) is 0 Å². The molecule has 0 bridgehead atoms. The van der Waals surface area contributed by atoms with E-state index in [1.54, 1.807) is 11.3 Å². The fourth-order valence-corrected chi connectivity index (χ4v) is 2.81. The summed E-state index contributed by atoms with van der Waals surface area (Å²) < 4.78 is 6.98. The van der Waals surface area contributed by atoms with E-state index in [9.17, 15) is 0 Å². The van der Waals surface area contributed by atoms with Crippen molar-refractivity contribution in [3.05, 3.63) is 34.7 Å². The highest BCUT2D eigenvalue weighted by atomic mass is 32.1. The van der Waals surface area contributed by atoms with Crippen molar-refractivity contribution in [1.82, 2.24) is 0 Å². The van der Waals surface area contributed by atoms with Gasteiger partial charge in [0.25, 0.3) is 0 Å². The summed E-state index contributed by atoms with van der Waals surface area (Å²) in [6.07, 6.45) is 0.254. The highest BCUT2D eigenvalue weighted by Gasteiger charge is 2.11. The van der Waals surface area contributed by atoms with E-state index < -0.39 is 0 Å². The Kier molecular flexibility index (Phi) is 3.59. The van der Waals surface area contributed by atoms with E-state index >= 15 is 0 Å². The first-order valence-electron chi connectivity index (χ1n) is 5.53. The Morgan fingerprint density at radius 1 is 1.31 bits per heavy atom. The minimum atomic E-state index is 0.254. The van der Waals surface area contributed by atoms with E-state index in [4.69, 9.17) is 10.5 Å². The number of rotatable bonds is 4. The van der Waals surface area contributed by atoms with Gasteiger partial charge in [0, 0.05) is 21.7 Å². The van der Waals surface area contributed by atoms with Gasteiger partial charge in [0.15, 0.2) is 0 Å². The maximum Gasteiger partial charge on any atom is 0.0737 e. The van der Waals surface area contributed by atoms with E-state index in [1.165, 1.54) is 20.5 Å². The van der Waals surface area contributed by atoms with Crippen LogP contribution in [0.4, 0.5) is 0 Å². The van der Waals surface area contributed by atoms with Gasteiger partial charge < -0.3 is 10.5 Å². The second-order valence-electron chi connectivity index (χ2n) is 4.06. The molecule has 16 heavy (non-hydrogen) atoms. The normalized spacial score (nSPS) is 11.5. The van der Waals surface area contributed by atoms with Crippen LogP contribution in [0.25, 0.3) is 10.1 Å². The summed E-state index contributed by atoms with van der Waals surface area (Å²) in [7, 11) is 0. The summed E-state index contributed by atoms with van der Waals surface area (Å²) in [6, 6.07) is 8.41. The molecule has 0 fully saturated rings. The SMILES string of the molecule is CC(C)OCc1c(CN)sc2ccccc12. The molecule has 0 saturated carbocycles. The molecule has 0 amide bonds. The monoisotopic (exact) mass is 235 g/mol. The second kappa shape index (κ2) is 4.95. The van der Waals surface area contributed by atoms with Crippen molar-refractivity contribution in [1.29, 1.82) is 0 Å². The molecule has 2 rings (SSSR count). The van der Waals surface area contributed by atoms with Crippen molar-refractivity contribution in [2.45, 2.75) is 33.1 Å². The Morgan fingerprint density at radius 2 is 2.06 bits per heavy atom. The summed E-state index contributed by atoms with van der Waals surface area (Å²) >= 11 is 1.77. The predicted molar refractivity (Wildman–Crippen MR) is 69.6 cm³/mol. The number of fused-ring (bicyclic) bond motifs is 1. The fraction of sp³-hybridized carbons (Fsp3) is 0.385. The Labute approximate surface area is 100 Å². The van der Waals surface area contributed by atoms with Crippen molar-refractivity contribution in [2.24, 2.45) is 5.73 Å². The third-order valence-electron chi connectivity index (χ3n) is 2.53. The van der Waals surface area contributed by atoms with Crippen LogP contribution in [0.2, 0.25) is 0 Å². The standard InChI is InChI=1S/C13H17NOS/c1-9(2)15-8-11-10-5-3-4-6-12(10)16-13(11)7-14/h3-6,9H,7-8,14H2,1-2H3. The molecule has 0 radical (unpaired) electrons. The molecule has 0 atom stereocenters. The third-order valence-corrected chi connectivity index (χ3v) is 3.76. The third kappa shape index (κ3) is 2.26. The van der Waals surface area contributed by atoms with Crippen molar-refractivity contribution in [2.75, 3.05) is 0 Å². The van der Waals surface area contributed by atoms with Crippen molar-refractivity contribution in [3.8, 4) is 0 Å². The molecule has 86 valence electrons. The van der Waals surface area contributed by atoms with Crippen LogP contribution in [-0.4, -0.2) is 6.10 Å². The molecule has 0 aliphatic rings. The van der Waals surface area contributed by atoms with E-state index in [2.05, 4.69) is 38.1 Å². The lowest BCUT2D eigenvalue weighted by Gasteiger charge is -2.08. The van der Waals surface area contributed by atoms with E-state index in [0.717, 1.165) is 0 Å². The molecule has 2 aromatic rings. The molecule has 2 N–H and O–H groups in total. The molecule has 0 aliphatic heterocycles. The molecular weight excluding hydrogens is 218 g/mol. The zero-order valence-electron chi connectivity index (χ0n) is 9.69. The topological polar surface area (TPSA) is 35.2 Å². The molecule has 0 unspecified atom stereocenters. The first-order valence-corrected chi connectivity index (χ1v) is 6.35. The molecule has 0 spiro atoms. The van der Waals surface area contributed by atoms with Crippen molar-refractivity contribution in [3.63, 3.8) is 0 Å². The number of thiophene rings is 1. The maximum absolute atomic E-state index is 5.78. The molecule has 3 heteroatoms. The van der Waals surface area contributed by atoms with Crippen LogP contribution >= 0.6 is 11.3 Å².